The Kier molecular flexibility index (Phi) is 3.59. The number of halogens is 2. The van der Waals surface area contributed by atoms with Crippen molar-refractivity contribution < 1.29 is 9.47 Å². The third-order valence-corrected chi connectivity index (χ3v) is 5.57. The molecular weight excluding hydrogens is 360 g/mol. The lowest BCUT2D eigenvalue weighted by atomic mass is 10.1. The number of benzene rings is 1. The smallest absolute Gasteiger partial charge is 0.162 e. The molecule has 3 rings (SSSR count). The van der Waals surface area contributed by atoms with Gasteiger partial charge in [0.2, 0.25) is 0 Å². The number of rotatable bonds is 2. The summed E-state index contributed by atoms with van der Waals surface area (Å²) in [5.74, 6) is 3.29. The minimum atomic E-state index is 0.402. The van der Waals surface area contributed by atoms with Gasteiger partial charge in [0, 0.05) is 15.7 Å². The molecule has 1 aromatic carbocycles. The topological polar surface area (TPSA) is 18.5 Å². The molecule has 0 saturated heterocycles. The average molecular weight is 376 g/mol. The molecular formula is C14H16Br2O2. The van der Waals surface area contributed by atoms with Gasteiger partial charge in [0.25, 0.3) is 0 Å². The SMILES string of the molecule is CC1CC1C(Br)c1cc2c(cc1Br)OCCCO2. The van der Waals surface area contributed by atoms with Crippen LogP contribution in [-0.2, 0) is 0 Å². The van der Waals surface area contributed by atoms with Crippen LogP contribution in [0.4, 0.5) is 0 Å². The molecule has 98 valence electrons. The molecule has 0 spiro atoms. The fourth-order valence-electron chi connectivity index (χ4n) is 2.40. The second-order valence-electron chi connectivity index (χ2n) is 5.15. The van der Waals surface area contributed by atoms with Crippen LogP contribution in [0.2, 0.25) is 0 Å². The van der Waals surface area contributed by atoms with Gasteiger partial charge in [-0.1, -0.05) is 38.8 Å². The first-order chi connectivity index (χ1) is 8.66. The highest BCUT2D eigenvalue weighted by atomic mass is 79.9. The van der Waals surface area contributed by atoms with E-state index in [1.54, 1.807) is 0 Å². The quantitative estimate of drug-likeness (QED) is 0.697. The third kappa shape index (κ3) is 2.42. The second-order valence-corrected chi connectivity index (χ2v) is 6.99. The molecule has 4 heteroatoms. The van der Waals surface area contributed by atoms with Gasteiger partial charge >= 0.3 is 0 Å². The van der Waals surface area contributed by atoms with Crippen molar-refractivity contribution in [2.24, 2.45) is 11.8 Å². The van der Waals surface area contributed by atoms with E-state index in [-0.39, 0.29) is 0 Å². The summed E-state index contributed by atoms with van der Waals surface area (Å²) in [5.41, 5.74) is 1.27. The van der Waals surface area contributed by atoms with Gasteiger partial charge in [-0.15, -0.1) is 0 Å². The Bertz CT molecular complexity index is 461. The summed E-state index contributed by atoms with van der Waals surface area (Å²) in [6, 6.07) is 4.16. The number of alkyl halides is 1. The lowest BCUT2D eigenvalue weighted by Gasteiger charge is -2.15. The minimum absolute atomic E-state index is 0.402. The summed E-state index contributed by atoms with van der Waals surface area (Å²) < 4.78 is 12.5. The van der Waals surface area contributed by atoms with Gasteiger partial charge < -0.3 is 9.47 Å². The van der Waals surface area contributed by atoms with Crippen molar-refractivity contribution in [3.8, 4) is 11.5 Å². The number of ether oxygens (including phenoxy) is 2. The zero-order valence-electron chi connectivity index (χ0n) is 10.3. The Morgan fingerprint density at radius 3 is 2.44 bits per heavy atom. The molecule has 1 aliphatic carbocycles. The van der Waals surface area contributed by atoms with E-state index in [1.165, 1.54) is 12.0 Å². The first kappa shape index (κ1) is 12.8. The van der Waals surface area contributed by atoms with Crippen LogP contribution >= 0.6 is 31.9 Å². The molecule has 1 fully saturated rings. The van der Waals surface area contributed by atoms with Crippen LogP contribution in [-0.4, -0.2) is 13.2 Å². The van der Waals surface area contributed by atoms with E-state index in [9.17, 15) is 0 Å². The van der Waals surface area contributed by atoms with E-state index in [2.05, 4.69) is 44.8 Å². The first-order valence-corrected chi connectivity index (χ1v) is 8.11. The Labute approximate surface area is 124 Å². The summed E-state index contributed by atoms with van der Waals surface area (Å²) in [6.07, 6.45) is 2.25. The van der Waals surface area contributed by atoms with Crippen molar-refractivity contribution in [3.05, 3.63) is 22.2 Å². The number of fused-ring (bicyclic) bond motifs is 1. The molecule has 0 amide bonds. The van der Waals surface area contributed by atoms with Crippen molar-refractivity contribution in [3.63, 3.8) is 0 Å². The largest absolute Gasteiger partial charge is 0.490 e. The second kappa shape index (κ2) is 5.04. The van der Waals surface area contributed by atoms with Gasteiger partial charge in [-0.05, 0) is 36.0 Å². The highest BCUT2D eigenvalue weighted by Crippen LogP contribution is 2.53. The molecule has 1 heterocycles. The molecule has 0 N–H and O–H groups in total. The van der Waals surface area contributed by atoms with Gasteiger partial charge in [-0.25, -0.2) is 0 Å². The average Bonchev–Trinajstić information content (AvgIpc) is 3.10. The molecule has 0 aromatic heterocycles. The van der Waals surface area contributed by atoms with Gasteiger partial charge in [-0.2, -0.15) is 0 Å². The van der Waals surface area contributed by atoms with E-state index in [4.69, 9.17) is 9.47 Å². The zero-order chi connectivity index (χ0) is 12.7. The Morgan fingerprint density at radius 2 is 1.83 bits per heavy atom. The maximum absolute atomic E-state index is 5.75. The molecule has 1 aliphatic heterocycles. The third-order valence-electron chi connectivity index (χ3n) is 3.71. The minimum Gasteiger partial charge on any atom is -0.490 e. The predicted molar refractivity (Wildman–Crippen MR) is 78.7 cm³/mol. The number of hydrogen-bond donors (Lipinski definition) is 0. The maximum atomic E-state index is 5.75. The first-order valence-electron chi connectivity index (χ1n) is 6.40. The van der Waals surface area contributed by atoms with Gasteiger partial charge in [0.15, 0.2) is 11.5 Å². The summed E-state index contributed by atoms with van der Waals surface area (Å²) in [7, 11) is 0. The standard InChI is InChI=1S/C14H16Br2O2/c1-8-5-9(8)14(16)10-6-12-13(7-11(10)15)18-4-2-3-17-12/h6-9,14H,2-5H2,1H3. The Morgan fingerprint density at radius 1 is 1.22 bits per heavy atom. The molecule has 1 aromatic rings. The Balaban J connectivity index is 1.92. The van der Waals surface area contributed by atoms with E-state index in [0.717, 1.165) is 47.4 Å². The summed E-state index contributed by atoms with van der Waals surface area (Å²) in [4.78, 5) is 0.402. The van der Waals surface area contributed by atoms with Crippen molar-refractivity contribution in [1.29, 1.82) is 0 Å². The summed E-state index contributed by atoms with van der Waals surface area (Å²) in [5, 5.41) is 0. The summed E-state index contributed by atoms with van der Waals surface area (Å²) in [6.45, 7) is 3.77. The predicted octanol–water partition coefficient (Wildman–Crippen LogP) is 4.70. The van der Waals surface area contributed by atoms with E-state index >= 15 is 0 Å². The van der Waals surface area contributed by atoms with Crippen molar-refractivity contribution in [2.75, 3.05) is 13.2 Å². The van der Waals surface area contributed by atoms with Crippen LogP contribution in [0.1, 0.15) is 30.2 Å². The molecule has 3 unspecified atom stereocenters. The van der Waals surface area contributed by atoms with Gasteiger partial charge in [-0.3, -0.25) is 0 Å². The molecule has 18 heavy (non-hydrogen) atoms. The van der Waals surface area contributed by atoms with Crippen molar-refractivity contribution >= 4 is 31.9 Å². The Hall–Kier alpha value is -0.220. The summed E-state index contributed by atoms with van der Waals surface area (Å²) >= 11 is 7.48. The molecule has 1 saturated carbocycles. The van der Waals surface area contributed by atoms with Crippen LogP contribution in [0.3, 0.4) is 0 Å². The van der Waals surface area contributed by atoms with E-state index < -0.39 is 0 Å². The monoisotopic (exact) mass is 374 g/mol. The fourth-order valence-corrected chi connectivity index (χ4v) is 4.39. The van der Waals surface area contributed by atoms with Gasteiger partial charge in [0.05, 0.1) is 13.2 Å². The van der Waals surface area contributed by atoms with E-state index in [0.29, 0.717) is 4.83 Å². The maximum Gasteiger partial charge on any atom is 0.162 e. The lowest BCUT2D eigenvalue weighted by Crippen LogP contribution is -1.98. The molecule has 0 bridgehead atoms. The molecule has 2 aliphatic rings. The highest BCUT2D eigenvalue weighted by Gasteiger charge is 2.39. The number of hydrogen-bond acceptors (Lipinski definition) is 2. The van der Waals surface area contributed by atoms with Crippen molar-refractivity contribution in [1.82, 2.24) is 0 Å². The fraction of sp³-hybridized carbons (Fsp3) is 0.571. The van der Waals surface area contributed by atoms with Crippen LogP contribution in [0.15, 0.2) is 16.6 Å². The van der Waals surface area contributed by atoms with Crippen LogP contribution < -0.4 is 9.47 Å². The molecule has 2 nitrogen and oxygen atoms in total. The molecule has 3 atom stereocenters. The molecule has 0 radical (unpaired) electrons. The van der Waals surface area contributed by atoms with Crippen LogP contribution in [0.5, 0.6) is 11.5 Å². The van der Waals surface area contributed by atoms with Crippen molar-refractivity contribution in [2.45, 2.75) is 24.6 Å². The zero-order valence-corrected chi connectivity index (χ0v) is 13.5. The van der Waals surface area contributed by atoms with E-state index in [1.807, 2.05) is 6.07 Å². The van der Waals surface area contributed by atoms with Crippen LogP contribution in [0, 0.1) is 11.8 Å². The van der Waals surface area contributed by atoms with Crippen LogP contribution in [0.25, 0.3) is 0 Å². The highest BCUT2D eigenvalue weighted by molar-refractivity contribution is 9.11. The van der Waals surface area contributed by atoms with Gasteiger partial charge in [0.1, 0.15) is 0 Å². The lowest BCUT2D eigenvalue weighted by molar-refractivity contribution is 0.297. The normalized spacial score (nSPS) is 27.5.